The van der Waals surface area contributed by atoms with Crippen LogP contribution in [0.15, 0.2) is 77.7 Å². The number of aromatic nitrogens is 2. The van der Waals surface area contributed by atoms with E-state index in [9.17, 15) is 19.2 Å². The SMILES string of the molecule is O=C1NC(=O)[C@]2(Cc3c(nc4ccccn4c3=O)N3CCc4ccccc4[C@@H]32)C(=O)N1Cc1ccccc1Cl. The lowest BCUT2D eigenvalue weighted by atomic mass is 9.65. The normalized spacial score (nSPS) is 22.0. The Morgan fingerprint density at radius 1 is 0.974 bits per heavy atom. The highest BCUT2D eigenvalue weighted by Crippen LogP contribution is 2.52. The molecular weight excluding hydrogens is 518 g/mol. The molecule has 2 aromatic heterocycles. The van der Waals surface area contributed by atoms with Crippen LogP contribution < -0.4 is 15.8 Å². The Kier molecular flexibility index (Phi) is 5.15. The average molecular weight is 540 g/mol. The minimum Gasteiger partial charge on any atom is -0.347 e. The van der Waals surface area contributed by atoms with Gasteiger partial charge in [-0.05, 0) is 41.3 Å². The van der Waals surface area contributed by atoms with Crippen molar-refractivity contribution in [1.82, 2.24) is 19.6 Å². The summed E-state index contributed by atoms with van der Waals surface area (Å²) in [4.78, 5) is 63.1. The van der Waals surface area contributed by atoms with Crippen LogP contribution >= 0.6 is 11.6 Å². The Balaban J connectivity index is 1.47. The van der Waals surface area contributed by atoms with E-state index in [2.05, 4.69) is 5.32 Å². The van der Waals surface area contributed by atoms with Crippen molar-refractivity contribution in [2.24, 2.45) is 5.41 Å². The summed E-state index contributed by atoms with van der Waals surface area (Å²) >= 11 is 6.37. The first-order chi connectivity index (χ1) is 18.9. The fourth-order valence-corrected chi connectivity index (χ4v) is 6.45. The predicted molar refractivity (Wildman–Crippen MR) is 143 cm³/mol. The molecule has 0 radical (unpaired) electrons. The molecule has 0 saturated carbocycles. The van der Waals surface area contributed by atoms with Crippen LogP contribution in [0.3, 0.4) is 0 Å². The zero-order chi connectivity index (χ0) is 26.9. The van der Waals surface area contributed by atoms with Gasteiger partial charge in [-0.15, -0.1) is 0 Å². The van der Waals surface area contributed by atoms with Crippen LogP contribution in [0.25, 0.3) is 5.65 Å². The Labute approximate surface area is 227 Å². The van der Waals surface area contributed by atoms with E-state index in [4.69, 9.17) is 16.6 Å². The molecule has 39 heavy (non-hydrogen) atoms. The Hall–Kier alpha value is -4.50. The maximum absolute atomic E-state index is 14.5. The molecule has 5 heterocycles. The quantitative estimate of drug-likeness (QED) is 0.392. The standard InChI is InChI=1S/C29H22ClN5O4/c30-21-10-4-2-8-18(21)16-35-27(38)29(26(37)32-28(35)39)15-20-24(31-22-11-5-6-13-33(22)25(20)36)34-14-12-17-7-1-3-9-19(17)23(29)34/h1-11,13,23H,12,14-16H2,(H,32,37,39)/t23-,29-/m1/s1. The van der Waals surface area contributed by atoms with Crippen LogP contribution in [-0.4, -0.2) is 38.7 Å². The van der Waals surface area contributed by atoms with Crippen LogP contribution in [0.1, 0.15) is 28.3 Å². The van der Waals surface area contributed by atoms with Gasteiger partial charge >= 0.3 is 6.03 Å². The van der Waals surface area contributed by atoms with Gasteiger partial charge in [-0.25, -0.2) is 9.78 Å². The van der Waals surface area contributed by atoms with Crippen LogP contribution in [0, 0.1) is 5.41 Å². The first-order valence-corrected chi connectivity index (χ1v) is 13.0. The molecular formula is C29H22ClN5O4. The Bertz CT molecular complexity index is 1790. The monoisotopic (exact) mass is 539 g/mol. The van der Waals surface area contributed by atoms with Crippen LogP contribution in [0.4, 0.5) is 10.6 Å². The number of nitrogens with zero attached hydrogens (tertiary/aromatic N) is 4. The van der Waals surface area contributed by atoms with Gasteiger partial charge in [0.15, 0.2) is 5.41 Å². The molecule has 0 unspecified atom stereocenters. The van der Waals surface area contributed by atoms with E-state index in [-0.39, 0.29) is 24.1 Å². The number of benzene rings is 2. The summed E-state index contributed by atoms with van der Waals surface area (Å²) in [7, 11) is 0. The highest BCUT2D eigenvalue weighted by atomic mass is 35.5. The smallest absolute Gasteiger partial charge is 0.331 e. The highest BCUT2D eigenvalue weighted by Gasteiger charge is 2.64. The van der Waals surface area contributed by atoms with E-state index in [1.54, 1.807) is 48.7 Å². The maximum atomic E-state index is 14.5. The third-order valence-electron chi connectivity index (χ3n) is 8.07. The summed E-state index contributed by atoms with van der Waals surface area (Å²) < 4.78 is 1.42. The number of halogens is 1. The number of nitrogens with one attached hydrogen (secondary N) is 1. The number of barbiturate groups is 1. The zero-order valence-corrected chi connectivity index (χ0v) is 21.4. The predicted octanol–water partition coefficient (Wildman–Crippen LogP) is 3.27. The molecule has 1 spiro atoms. The summed E-state index contributed by atoms with van der Waals surface area (Å²) in [6.07, 6.45) is 2.07. The molecule has 2 atom stereocenters. The topological polar surface area (TPSA) is 104 Å². The van der Waals surface area contributed by atoms with Gasteiger partial charge in [-0.3, -0.25) is 29.0 Å². The minimum absolute atomic E-state index is 0.116. The van der Waals surface area contributed by atoms with Crippen molar-refractivity contribution in [3.05, 3.63) is 111 Å². The largest absolute Gasteiger partial charge is 0.347 e. The maximum Gasteiger partial charge on any atom is 0.331 e. The molecule has 2 aromatic carbocycles. The Morgan fingerprint density at radius 3 is 2.59 bits per heavy atom. The molecule has 194 valence electrons. The molecule has 1 fully saturated rings. The highest BCUT2D eigenvalue weighted by molar-refractivity contribution is 6.31. The summed E-state index contributed by atoms with van der Waals surface area (Å²) in [6.45, 7) is 0.334. The third-order valence-corrected chi connectivity index (χ3v) is 8.44. The zero-order valence-electron chi connectivity index (χ0n) is 20.6. The summed E-state index contributed by atoms with van der Waals surface area (Å²) in [5.74, 6) is -0.916. The molecule has 9 nitrogen and oxygen atoms in total. The van der Waals surface area contributed by atoms with Gasteiger partial charge in [-0.2, -0.15) is 0 Å². The molecule has 3 aliphatic rings. The molecule has 4 amide bonds. The lowest BCUT2D eigenvalue weighted by Crippen LogP contribution is -2.70. The van der Waals surface area contributed by atoms with Crippen molar-refractivity contribution < 1.29 is 14.4 Å². The van der Waals surface area contributed by atoms with E-state index in [0.717, 1.165) is 16.0 Å². The molecule has 0 aliphatic carbocycles. The van der Waals surface area contributed by atoms with Gasteiger partial charge < -0.3 is 4.90 Å². The number of rotatable bonds is 2. The van der Waals surface area contributed by atoms with Gasteiger partial charge in [0.2, 0.25) is 11.8 Å². The number of amides is 4. The fraction of sp³-hybridized carbons (Fsp3) is 0.207. The van der Waals surface area contributed by atoms with Gasteiger partial charge in [0.25, 0.3) is 5.56 Å². The van der Waals surface area contributed by atoms with Crippen molar-refractivity contribution in [3.8, 4) is 0 Å². The molecule has 1 saturated heterocycles. The number of urea groups is 1. The number of imide groups is 2. The summed E-state index contributed by atoms with van der Waals surface area (Å²) in [5.41, 5.74) is 1.01. The van der Waals surface area contributed by atoms with E-state index in [1.807, 2.05) is 29.2 Å². The number of pyridine rings is 1. The first-order valence-electron chi connectivity index (χ1n) is 12.7. The molecule has 7 rings (SSSR count). The molecule has 3 aliphatic heterocycles. The van der Waals surface area contributed by atoms with Gasteiger partial charge in [0.1, 0.15) is 11.5 Å². The number of hydrogen-bond donors (Lipinski definition) is 1. The lowest BCUT2D eigenvalue weighted by Gasteiger charge is -2.53. The number of anilines is 1. The van der Waals surface area contributed by atoms with Crippen molar-refractivity contribution >= 4 is 40.9 Å². The van der Waals surface area contributed by atoms with Crippen molar-refractivity contribution in [1.29, 1.82) is 0 Å². The number of hydrogen-bond acceptors (Lipinski definition) is 6. The molecule has 10 heteroatoms. The van der Waals surface area contributed by atoms with Crippen molar-refractivity contribution in [2.75, 3.05) is 11.4 Å². The van der Waals surface area contributed by atoms with Crippen molar-refractivity contribution in [2.45, 2.75) is 25.4 Å². The Morgan fingerprint density at radius 2 is 1.74 bits per heavy atom. The molecule has 1 N–H and O–H groups in total. The third kappa shape index (κ3) is 3.29. The van der Waals surface area contributed by atoms with Gasteiger partial charge in [-0.1, -0.05) is 60.1 Å². The second kappa shape index (κ2) is 8.51. The first kappa shape index (κ1) is 23.6. The van der Waals surface area contributed by atoms with Crippen LogP contribution in [-0.2, 0) is 29.0 Å². The van der Waals surface area contributed by atoms with E-state index >= 15 is 0 Å². The second-order valence-corrected chi connectivity index (χ2v) is 10.5. The number of fused-ring (bicyclic) bond motifs is 7. The van der Waals surface area contributed by atoms with Gasteiger partial charge in [0.05, 0.1) is 18.2 Å². The summed E-state index contributed by atoms with van der Waals surface area (Å²) in [6, 6.07) is 18.3. The fourth-order valence-electron chi connectivity index (χ4n) is 6.25. The van der Waals surface area contributed by atoms with Crippen LogP contribution in [0.2, 0.25) is 5.02 Å². The number of carbonyl (C=O) groups excluding carboxylic acids is 3. The second-order valence-electron chi connectivity index (χ2n) is 10.1. The molecule has 4 aromatic rings. The van der Waals surface area contributed by atoms with Crippen molar-refractivity contribution in [3.63, 3.8) is 0 Å². The average Bonchev–Trinajstić information content (AvgIpc) is 2.95. The lowest BCUT2D eigenvalue weighted by molar-refractivity contribution is -0.154. The minimum atomic E-state index is -1.78. The van der Waals surface area contributed by atoms with E-state index in [1.165, 1.54) is 4.40 Å². The summed E-state index contributed by atoms with van der Waals surface area (Å²) in [5, 5.41) is 2.84. The molecule has 0 bridgehead atoms. The van der Waals surface area contributed by atoms with Crippen LogP contribution in [0.5, 0.6) is 0 Å². The van der Waals surface area contributed by atoms with E-state index < -0.39 is 29.3 Å². The van der Waals surface area contributed by atoms with E-state index in [0.29, 0.717) is 35.0 Å². The van der Waals surface area contributed by atoms with Gasteiger partial charge in [0, 0.05) is 24.2 Å². The number of carbonyl (C=O) groups is 3.